The number of aromatic nitrogens is 2. The monoisotopic (exact) mass is 380 g/mol. The molecule has 0 aliphatic rings. The number of pyridine rings is 1. The predicted octanol–water partition coefficient (Wildman–Crippen LogP) is 3.05. The first-order valence-electron chi connectivity index (χ1n) is 8.13. The van der Waals surface area contributed by atoms with E-state index in [1.807, 2.05) is 24.3 Å². The van der Waals surface area contributed by atoms with Gasteiger partial charge in [-0.1, -0.05) is 24.3 Å². The molecule has 0 amide bonds. The lowest BCUT2D eigenvalue weighted by Crippen LogP contribution is -2.18. The molecule has 0 unspecified atom stereocenters. The van der Waals surface area contributed by atoms with E-state index in [4.69, 9.17) is 10.2 Å². The van der Waals surface area contributed by atoms with E-state index < -0.39 is 10.0 Å². The molecule has 4 rings (SSSR count). The van der Waals surface area contributed by atoms with Gasteiger partial charge in [-0.25, -0.2) is 23.1 Å². The Bertz CT molecular complexity index is 1220. The first kappa shape index (κ1) is 17.2. The van der Waals surface area contributed by atoms with Crippen molar-refractivity contribution in [1.29, 1.82) is 0 Å². The van der Waals surface area contributed by atoms with E-state index in [9.17, 15) is 8.42 Å². The highest BCUT2D eigenvalue weighted by Crippen LogP contribution is 2.31. The predicted molar refractivity (Wildman–Crippen MR) is 103 cm³/mol. The van der Waals surface area contributed by atoms with Crippen LogP contribution in [-0.4, -0.2) is 25.4 Å². The molecule has 27 heavy (non-hydrogen) atoms. The minimum atomic E-state index is -3.54. The molecule has 0 radical (unpaired) electrons. The molecule has 0 saturated carbocycles. The molecule has 0 fully saturated rings. The average Bonchev–Trinajstić information content (AvgIpc) is 3.12. The van der Waals surface area contributed by atoms with Gasteiger partial charge in [-0.15, -0.1) is 0 Å². The highest BCUT2D eigenvalue weighted by molar-refractivity contribution is 7.89. The Morgan fingerprint density at radius 3 is 2.63 bits per heavy atom. The van der Waals surface area contributed by atoms with Crippen LogP contribution in [0.1, 0.15) is 0 Å². The number of para-hydroxylation sites is 2. The summed E-state index contributed by atoms with van der Waals surface area (Å²) in [4.78, 5) is 8.85. The summed E-state index contributed by atoms with van der Waals surface area (Å²) in [6, 6.07) is 15.8. The maximum absolute atomic E-state index is 12.1. The van der Waals surface area contributed by atoms with E-state index in [0.717, 1.165) is 5.52 Å². The molecule has 0 bridgehead atoms. The SMILES string of the molecule is CNS(=O)(=O)c1cccc(-c2cnc(N)c(-c3nc4ccccc4o3)c2)c1. The van der Waals surface area contributed by atoms with Crippen molar-refractivity contribution in [2.24, 2.45) is 0 Å². The fraction of sp³-hybridized carbons (Fsp3) is 0.0526. The van der Waals surface area contributed by atoms with Crippen LogP contribution in [0, 0.1) is 0 Å². The molecule has 0 aliphatic carbocycles. The molecule has 8 heteroatoms. The zero-order chi connectivity index (χ0) is 19.0. The third-order valence-corrected chi connectivity index (χ3v) is 5.60. The van der Waals surface area contributed by atoms with Crippen LogP contribution in [0.25, 0.3) is 33.7 Å². The average molecular weight is 380 g/mol. The summed E-state index contributed by atoms with van der Waals surface area (Å²) in [6.45, 7) is 0. The summed E-state index contributed by atoms with van der Waals surface area (Å²) < 4.78 is 32.2. The largest absolute Gasteiger partial charge is 0.436 e. The molecule has 0 atom stereocenters. The highest BCUT2D eigenvalue weighted by Gasteiger charge is 2.15. The third kappa shape index (κ3) is 3.16. The number of nitrogens with one attached hydrogen (secondary N) is 1. The number of rotatable bonds is 4. The van der Waals surface area contributed by atoms with Gasteiger partial charge in [0.05, 0.1) is 10.5 Å². The minimum Gasteiger partial charge on any atom is -0.436 e. The van der Waals surface area contributed by atoms with Crippen molar-refractivity contribution < 1.29 is 12.8 Å². The van der Waals surface area contributed by atoms with Crippen molar-refractivity contribution in [3.8, 4) is 22.6 Å². The Balaban J connectivity index is 1.82. The molecule has 0 spiro atoms. The van der Waals surface area contributed by atoms with Crippen molar-refractivity contribution in [1.82, 2.24) is 14.7 Å². The Morgan fingerprint density at radius 2 is 1.85 bits per heavy atom. The molecule has 136 valence electrons. The zero-order valence-electron chi connectivity index (χ0n) is 14.4. The van der Waals surface area contributed by atoms with Gasteiger partial charge in [0.15, 0.2) is 5.58 Å². The van der Waals surface area contributed by atoms with Gasteiger partial charge in [0.1, 0.15) is 11.3 Å². The fourth-order valence-corrected chi connectivity index (χ4v) is 3.53. The van der Waals surface area contributed by atoms with Crippen molar-refractivity contribution >= 4 is 26.9 Å². The van der Waals surface area contributed by atoms with Gasteiger partial charge in [0.25, 0.3) is 0 Å². The lowest BCUT2D eigenvalue weighted by atomic mass is 10.1. The number of anilines is 1. The molecule has 7 nitrogen and oxygen atoms in total. The molecule has 2 aromatic carbocycles. The molecular weight excluding hydrogens is 364 g/mol. The zero-order valence-corrected chi connectivity index (χ0v) is 15.2. The molecule has 0 saturated heterocycles. The van der Waals surface area contributed by atoms with Crippen LogP contribution < -0.4 is 10.5 Å². The standard InChI is InChI=1S/C19H16N4O3S/c1-21-27(24,25)14-6-4-5-12(9-14)13-10-15(18(20)22-11-13)19-23-16-7-2-3-8-17(16)26-19/h2-11,21H,1H3,(H2,20,22). The Hall–Kier alpha value is -3.23. The number of fused-ring (bicyclic) bond motifs is 1. The quantitative estimate of drug-likeness (QED) is 0.563. The Morgan fingerprint density at radius 1 is 1.04 bits per heavy atom. The topological polar surface area (TPSA) is 111 Å². The maximum Gasteiger partial charge on any atom is 0.240 e. The number of oxazole rings is 1. The van der Waals surface area contributed by atoms with E-state index in [1.54, 1.807) is 30.5 Å². The van der Waals surface area contributed by atoms with Crippen LogP contribution in [-0.2, 0) is 10.0 Å². The van der Waals surface area contributed by atoms with Crippen LogP contribution in [0.5, 0.6) is 0 Å². The van der Waals surface area contributed by atoms with Crippen molar-refractivity contribution in [3.63, 3.8) is 0 Å². The van der Waals surface area contributed by atoms with Crippen molar-refractivity contribution in [3.05, 3.63) is 60.8 Å². The van der Waals surface area contributed by atoms with Crippen LogP contribution in [0.2, 0.25) is 0 Å². The van der Waals surface area contributed by atoms with Crippen molar-refractivity contribution in [2.75, 3.05) is 12.8 Å². The molecule has 0 aliphatic heterocycles. The van der Waals surface area contributed by atoms with Gasteiger partial charge in [-0.05, 0) is 42.9 Å². The summed E-state index contributed by atoms with van der Waals surface area (Å²) >= 11 is 0. The summed E-state index contributed by atoms with van der Waals surface area (Å²) in [7, 11) is -2.17. The van der Waals surface area contributed by atoms with E-state index >= 15 is 0 Å². The van der Waals surface area contributed by atoms with Gasteiger partial charge in [0.2, 0.25) is 15.9 Å². The first-order chi connectivity index (χ1) is 13.0. The van der Waals surface area contributed by atoms with E-state index in [0.29, 0.717) is 28.2 Å². The van der Waals surface area contributed by atoms with Crippen LogP contribution >= 0.6 is 0 Å². The minimum absolute atomic E-state index is 0.169. The first-order valence-corrected chi connectivity index (χ1v) is 9.62. The molecule has 2 heterocycles. The second-order valence-corrected chi connectivity index (χ2v) is 7.77. The number of sulfonamides is 1. The number of hydrogen-bond acceptors (Lipinski definition) is 6. The number of nitrogens with zero attached hydrogens (tertiary/aromatic N) is 2. The summed E-state index contributed by atoms with van der Waals surface area (Å²) in [5, 5.41) is 0. The second kappa shape index (κ2) is 6.49. The molecule has 3 N–H and O–H groups in total. The molecule has 4 aromatic rings. The lowest BCUT2D eigenvalue weighted by Gasteiger charge is -2.08. The lowest BCUT2D eigenvalue weighted by molar-refractivity contribution is 0.588. The summed E-state index contributed by atoms with van der Waals surface area (Å²) in [6.07, 6.45) is 1.59. The van der Waals surface area contributed by atoms with Gasteiger partial charge in [0, 0.05) is 11.8 Å². The maximum atomic E-state index is 12.1. The number of hydrogen-bond donors (Lipinski definition) is 2. The fourth-order valence-electron chi connectivity index (χ4n) is 2.75. The van der Waals surface area contributed by atoms with Gasteiger partial charge in [-0.2, -0.15) is 0 Å². The van der Waals surface area contributed by atoms with Crippen LogP contribution in [0.4, 0.5) is 5.82 Å². The van der Waals surface area contributed by atoms with Crippen LogP contribution in [0.15, 0.2) is 70.1 Å². The smallest absolute Gasteiger partial charge is 0.240 e. The van der Waals surface area contributed by atoms with Crippen LogP contribution in [0.3, 0.4) is 0 Å². The number of benzene rings is 2. The number of nitrogen functional groups attached to an aromatic ring is 1. The second-order valence-electron chi connectivity index (χ2n) is 5.88. The van der Waals surface area contributed by atoms with E-state index in [-0.39, 0.29) is 10.7 Å². The third-order valence-electron chi connectivity index (χ3n) is 4.19. The Kier molecular flexibility index (Phi) is 4.14. The molecular formula is C19H16N4O3S. The van der Waals surface area contributed by atoms with Crippen molar-refractivity contribution in [2.45, 2.75) is 4.90 Å². The van der Waals surface area contributed by atoms with E-state index in [1.165, 1.54) is 13.1 Å². The normalized spacial score (nSPS) is 11.7. The van der Waals surface area contributed by atoms with E-state index in [2.05, 4.69) is 14.7 Å². The summed E-state index contributed by atoms with van der Waals surface area (Å²) in [5.74, 6) is 0.645. The Labute approximate surface area is 155 Å². The van der Waals surface area contributed by atoms with Gasteiger partial charge >= 0.3 is 0 Å². The number of nitrogens with two attached hydrogens (primary N) is 1. The molecule has 2 aromatic heterocycles. The highest BCUT2D eigenvalue weighted by atomic mass is 32.2. The van der Waals surface area contributed by atoms with Gasteiger partial charge in [-0.3, -0.25) is 0 Å². The summed E-state index contributed by atoms with van der Waals surface area (Å²) in [5.41, 5.74) is 9.34. The van der Waals surface area contributed by atoms with Gasteiger partial charge < -0.3 is 10.2 Å².